The fraction of sp³-hybridized carbons (Fsp3) is 0.800. The van der Waals surface area contributed by atoms with Gasteiger partial charge in [0.25, 0.3) is 0 Å². The zero-order chi connectivity index (χ0) is 12.0. The lowest BCUT2D eigenvalue weighted by Crippen LogP contribution is -2.42. The molecule has 0 rings (SSSR count). The van der Waals surface area contributed by atoms with Gasteiger partial charge in [-0.25, -0.2) is 0 Å². The van der Waals surface area contributed by atoms with Crippen molar-refractivity contribution in [3.8, 4) is 0 Å². The van der Waals surface area contributed by atoms with Gasteiger partial charge in [-0.15, -0.1) is 0 Å². The number of nitrogens with zero attached hydrogens (tertiary/aromatic N) is 1. The molecule has 0 aromatic heterocycles. The fourth-order valence-corrected chi connectivity index (χ4v) is 1.10. The van der Waals surface area contributed by atoms with Crippen molar-refractivity contribution in [3.63, 3.8) is 0 Å². The van der Waals surface area contributed by atoms with Crippen LogP contribution >= 0.6 is 0 Å². The van der Waals surface area contributed by atoms with Gasteiger partial charge in [0.05, 0.1) is 6.54 Å². The summed E-state index contributed by atoms with van der Waals surface area (Å²) in [5, 5.41) is 2.72. The average Bonchev–Trinajstić information content (AvgIpc) is 2.00. The Balaban J connectivity index is 3.96. The highest BCUT2D eigenvalue weighted by molar-refractivity contribution is 5.84. The molecule has 0 aliphatic carbocycles. The highest BCUT2D eigenvalue weighted by atomic mass is 16.2. The first-order chi connectivity index (χ1) is 6.82. The number of carbonyl (C=O) groups is 2. The number of nitrogens with one attached hydrogen (secondary N) is 1. The van der Waals surface area contributed by atoms with Crippen LogP contribution in [0, 0.1) is 0 Å². The summed E-state index contributed by atoms with van der Waals surface area (Å²) in [5.41, 5.74) is 5.49. The molecular formula is C10H21N3O2. The third kappa shape index (κ3) is 6.90. The molecule has 5 heteroatoms. The lowest BCUT2D eigenvalue weighted by molar-refractivity contribution is -0.135. The van der Waals surface area contributed by atoms with Gasteiger partial charge in [0, 0.05) is 25.6 Å². The van der Waals surface area contributed by atoms with E-state index in [0.717, 1.165) is 0 Å². The van der Waals surface area contributed by atoms with E-state index in [9.17, 15) is 9.59 Å². The van der Waals surface area contributed by atoms with Gasteiger partial charge < -0.3 is 16.0 Å². The maximum atomic E-state index is 11.4. The minimum atomic E-state index is -0.173. The molecule has 0 aromatic rings. The second-order valence-corrected chi connectivity index (χ2v) is 4.15. The quantitative estimate of drug-likeness (QED) is 0.661. The van der Waals surface area contributed by atoms with Crippen LogP contribution in [0.2, 0.25) is 0 Å². The zero-order valence-corrected chi connectivity index (χ0v) is 9.91. The molecule has 0 heterocycles. The van der Waals surface area contributed by atoms with Gasteiger partial charge in [0.2, 0.25) is 11.8 Å². The molecule has 0 bridgehead atoms. The molecule has 0 aliphatic rings. The SMILES string of the molecule is CC(N)CC(=O)N(C)CC(=O)NC(C)C. The highest BCUT2D eigenvalue weighted by Gasteiger charge is 2.14. The van der Waals surface area contributed by atoms with Crippen molar-refractivity contribution in [2.75, 3.05) is 13.6 Å². The van der Waals surface area contributed by atoms with Crippen molar-refractivity contribution in [1.29, 1.82) is 0 Å². The van der Waals surface area contributed by atoms with Crippen molar-refractivity contribution in [1.82, 2.24) is 10.2 Å². The molecule has 2 amide bonds. The van der Waals surface area contributed by atoms with Gasteiger partial charge in [-0.05, 0) is 20.8 Å². The van der Waals surface area contributed by atoms with Crippen molar-refractivity contribution < 1.29 is 9.59 Å². The average molecular weight is 215 g/mol. The van der Waals surface area contributed by atoms with E-state index >= 15 is 0 Å². The standard InChI is InChI=1S/C10H21N3O2/c1-7(2)12-9(14)6-13(4)10(15)5-8(3)11/h7-8H,5-6,11H2,1-4H3,(H,12,14). The predicted molar refractivity (Wildman–Crippen MR) is 59.2 cm³/mol. The number of hydrogen-bond donors (Lipinski definition) is 2. The van der Waals surface area contributed by atoms with E-state index in [0.29, 0.717) is 0 Å². The Bertz CT molecular complexity index is 227. The van der Waals surface area contributed by atoms with Crippen LogP contribution in [0.4, 0.5) is 0 Å². The molecule has 0 saturated heterocycles. The van der Waals surface area contributed by atoms with Crippen LogP contribution < -0.4 is 11.1 Å². The van der Waals surface area contributed by atoms with Crippen molar-refractivity contribution in [3.05, 3.63) is 0 Å². The Hall–Kier alpha value is -1.10. The molecule has 0 saturated carbocycles. The van der Waals surface area contributed by atoms with E-state index in [1.807, 2.05) is 13.8 Å². The number of hydrogen-bond acceptors (Lipinski definition) is 3. The number of carbonyl (C=O) groups excluding carboxylic acids is 2. The van der Waals surface area contributed by atoms with Gasteiger partial charge in [0.15, 0.2) is 0 Å². The second-order valence-electron chi connectivity index (χ2n) is 4.15. The summed E-state index contributed by atoms with van der Waals surface area (Å²) >= 11 is 0. The van der Waals surface area contributed by atoms with E-state index in [1.165, 1.54) is 4.90 Å². The summed E-state index contributed by atoms with van der Waals surface area (Å²) in [7, 11) is 1.60. The topological polar surface area (TPSA) is 75.4 Å². The Kier molecular flexibility index (Phi) is 5.93. The zero-order valence-electron chi connectivity index (χ0n) is 9.91. The lowest BCUT2D eigenvalue weighted by atomic mass is 10.2. The summed E-state index contributed by atoms with van der Waals surface area (Å²) in [6.07, 6.45) is 0.269. The normalized spacial score (nSPS) is 12.4. The van der Waals surface area contributed by atoms with E-state index in [-0.39, 0.29) is 36.9 Å². The second kappa shape index (κ2) is 6.40. The summed E-state index contributed by atoms with van der Waals surface area (Å²) in [5.74, 6) is -0.255. The van der Waals surface area contributed by atoms with Gasteiger partial charge >= 0.3 is 0 Å². The molecule has 0 aliphatic heterocycles. The molecule has 1 unspecified atom stereocenters. The summed E-state index contributed by atoms with van der Waals surface area (Å²) in [6.45, 7) is 5.60. The molecule has 0 aromatic carbocycles. The van der Waals surface area contributed by atoms with Gasteiger partial charge in [0.1, 0.15) is 0 Å². The minimum Gasteiger partial charge on any atom is -0.352 e. The highest BCUT2D eigenvalue weighted by Crippen LogP contribution is 1.94. The van der Waals surface area contributed by atoms with Crippen LogP contribution in [-0.4, -0.2) is 42.4 Å². The third-order valence-corrected chi connectivity index (χ3v) is 1.75. The van der Waals surface area contributed by atoms with Gasteiger partial charge in [-0.1, -0.05) is 0 Å². The molecule has 5 nitrogen and oxygen atoms in total. The first-order valence-corrected chi connectivity index (χ1v) is 5.11. The molecule has 0 fully saturated rings. The monoisotopic (exact) mass is 215 g/mol. The lowest BCUT2D eigenvalue weighted by Gasteiger charge is -2.18. The molecule has 1 atom stereocenters. The minimum absolute atomic E-state index is 0.0870. The maximum absolute atomic E-state index is 11.4. The fourth-order valence-electron chi connectivity index (χ4n) is 1.10. The number of likely N-dealkylation sites (N-methyl/N-ethyl adjacent to an activating group) is 1. The Morgan fingerprint density at radius 3 is 2.27 bits per heavy atom. The largest absolute Gasteiger partial charge is 0.352 e. The summed E-state index contributed by atoms with van der Waals surface area (Å²) in [4.78, 5) is 24.1. The molecule has 3 N–H and O–H groups in total. The van der Waals surface area contributed by atoms with E-state index in [4.69, 9.17) is 5.73 Å². The number of rotatable bonds is 5. The Morgan fingerprint density at radius 1 is 1.33 bits per heavy atom. The van der Waals surface area contributed by atoms with Crippen LogP contribution in [0.5, 0.6) is 0 Å². The van der Waals surface area contributed by atoms with Crippen LogP contribution in [0.3, 0.4) is 0 Å². The molecule has 0 spiro atoms. The molecular weight excluding hydrogens is 194 g/mol. The van der Waals surface area contributed by atoms with Gasteiger partial charge in [-0.2, -0.15) is 0 Å². The van der Waals surface area contributed by atoms with Crippen molar-refractivity contribution >= 4 is 11.8 Å². The number of amides is 2. The van der Waals surface area contributed by atoms with Crippen LogP contribution in [-0.2, 0) is 9.59 Å². The Labute approximate surface area is 91.0 Å². The maximum Gasteiger partial charge on any atom is 0.239 e. The van der Waals surface area contributed by atoms with E-state index in [2.05, 4.69) is 5.32 Å². The van der Waals surface area contributed by atoms with E-state index in [1.54, 1.807) is 14.0 Å². The predicted octanol–water partition coefficient (Wildman–Crippen LogP) is -0.293. The van der Waals surface area contributed by atoms with Crippen LogP contribution in [0.1, 0.15) is 27.2 Å². The smallest absolute Gasteiger partial charge is 0.239 e. The molecule has 15 heavy (non-hydrogen) atoms. The third-order valence-electron chi connectivity index (χ3n) is 1.75. The van der Waals surface area contributed by atoms with Gasteiger partial charge in [-0.3, -0.25) is 9.59 Å². The van der Waals surface area contributed by atoms with Crippen LogP contribution in [0.25, 0.3) is 0 Å². The van der Waals surface area contributed by atoms with Crippen molar-refractivity contribution in [2.45, 2.75) is 39.3 Å². The first-order valence-electron chi connectivity index (χ1n) is 5.11. The molecule has 88 valence electrons. The summed E-state index contributed by atoms with van der Waals surface area (Å²) < 4.78 is 0. The van der Waals surface area contributed by atoms with Crippen molar-refractivity contribution in [2.24, 2.45) is 5.73 Å². The number of nitrogens with two attached hydrogens (primary N) is 1. The van der Waals surface area contributed by atoms with E-state index < -0.39 is 0 Å². The first kappa shape index (κ1) is 13.9. The molecule has 0 radical (unpaired) electrons. The Morgan fingerprint density at radius 2 is 1.87 bits per heavy atom. The summed E-state index contributed by atoms with van der Waals surface area (Å²) in [6, 6.07) is -0.0810. The van der Waals surface area contributed by atoms with Crippen LogP contribution in [0.15, 0.2) is 0 Å².